The molecule has 1 aliphatic carbocycles. The Hall–Kier alpha value is -2.76. The molecule has 1 amide bonds. The first kappa shape index (κ1) is 15.1. The number of carbonyl (C=O) groups excluding carboxylic acids is 1. The van der Waals surface area contributed by atoms with Gasteiger partial charge in [-0.15, -0.1) is 0 Å². The van der Waals surface area contributed by atoms with Gasteiger partial charge in [0.15, 0.2) is 0 Å². The Bertz CT molecular complexity index is 801. The first-order valence-electron chi connectivity index (χ1n) is 7.11. The molecule has 3 rings (SSSR count). The molecule has 0 aliphatic heterocycles. The highest BCUT2D eigenvalue weighted by Crippen LogP contribution is 2.39. The molecule has 0 radical (unpaired) electrons. The van der Waals surface area contributed by atoms with Gasteiger partial charge in [-0.2, -0.15) is 5.10 Å². The minimum atomic E-state index is -0.505. The standard InChI is InChI=1S/C17H14F2N2O2/c1-9-8-13(16-14(22)7-6-12(19)15(9)16)20-21-17(23)10-2-4-11(18)5-3-10/h2-7,9,22H,8H2,1H3,(H,21,23)/b20-13+/t9-/m0/s1. The highest BCUT2D eigenvalue weighted by Gasteiger charge is 2.30. The molecule has 4 nitrogen and oxygen atoms in total. The van der Waals surface area contributed by atoms with E-state index in [1.54, 1.807) is 0 Å². The van der Waals surface area contributed by atoms with Crippen molar-refractivity contribution in [1.29, 1.82) is 0 Å². The molecule has 2 aromatic carbocycles. The van der Waals surface area contributed by atoms with Gasteiger partial charge >= 0.3 is 0 Å². The van der Waals surface area contributed by atoms with Gasteiger partial charge in [-0.05, 0) is 48.7 Å². The summed E-state index contributed by atoms with van der Waals surface area (Å²) in [7, 11) is 0. The Morgan fingerprint density at radius 1 is 1.22 bits per heavy atom. The summed E-state index contributed by atoms with van der Waals surface area (Å²) >= 11 is 0. The fourth-order valence-corrected chi connectivity index (χ4v) is 2.75. The molecular formula is C17H14F2N2O2. The van der Waals surface area contributed by atoms with Crippen molar-refractivity contribution in [3.05, 3.63) is 64.7 Å². The molecular weight excluding hydrogens is 302 g/mol. The summed E-state index contributed by atoms with van der Waals surface area (Å²) in [5, 5.41) is 14.0. The van der Waals surface area contributed by atoms with E-state index in [9.17, 15) is 18.7 Å². The average Bonchev–Trinajstić information content (AvgIpc) is 2.87. The van der Waals surface area contributed by atoms with Crippen molar-refractivity contribution >= 4 is 11.6 Å². The van der Waals surface area contributed by atoms with Crippen molar-refractivity contribution < 1.29 is 18.7 Å². The first-order valence-corrected chi connectivity index (χ1v) is 7.11. The number of hydrogen-bond acceptors (Lipinski definition) is 3. The molecule has 0 spiro atoms. The molecule has 0 heterocycles. The topological polar surface area (TPSA) is 61.7 Å². The van der Waals surface area contributed by atoms with Crippen LogP contribution in [0.3, 0.4) is 0 Å². The third-order valence-corrected chi connectivity index (χ3v) is 3.85. The monoisotopic (exact) mass is 316 g/mol. The highest BCUT2D eigenvalue weighted by atomic mass is 19.1. The van der Waals surface area contributed by atoms with E-state index in [0.717, 1.165) is 0 Å². The van der Waals surface area contributed by atoms with E-state index in [4.69, 9.17) is 0 Å². The number of nitrogens with one attached hydrogen (secondary N) is 1. The second kappa shape index (κ2) is 5.79. The summed E-state index contributed by atoms with van der Waals surface area (Å²) in [5.41, 5.74) is 3.77. The Kier molecular flexibility index (Phi) is 3.82. The number of amides is 1. The number of benzene rings is 2. The van der Waals surface area contributed by atoms with Crippen molar-refractivity contribution in [2.45, 2.75) is 19.3 Å². The maximum atomic E-state index is 13.9. The molecule has 0 saturated carbocycles. The van der Waals surface area contributed by atoms with Gasteiger partial charge in [0.25, 0.3) is 5.91 Å². The van der Waals surface area contributed by atoms with E-state index >= 15 is 0 Å². The third kappa shape index (κ3) is 2.79. The molecule has 118 valence electrons. The zero-order chi connectivity index (χ0) is 16.6. The van der Waals surface area contributed by atoms with Gasteiger partial charge in [0, 0.05) is 16.7 Å². The maximum absolute atomic E-state index is 13.9. The minimum absolute atomic E-state index is 0.0690. The SMILES string of the molecule is C[C@H]1C/C(=N\NC(=O)c2ccc(F)cc2)c2c(O)ccc(F)c21. The van der Waals surface area contributed by atoms with E-state index in [-0.39, 0.29) is 17.2 Å². The van der Waals surface area contributed by atoms with Crippen LogP contribution in [0, 0.1) is 11.6 Å². The summed E-state index contributed by atoms with van der Waals surface area (Å²) in [6.45, 7) is 1.83. The summed E-state index contributed by atoms with van der Waals surface area (Å²) in [5.74, 6) is -1.55. The molecule has 6 heteroatoms. The number of nitrogens with zero attached hydrogens (tertiary/aromatic N) is 1. The predicted molar refractivity (Wildman–Crippen MR) is 81.5 cm³/mol. The van der Waals surface area contributed by atoms with Crippen LogP contribution in [0.1, 0.15) is 40.7 Å². The average molecular weight is 316 g/mol. The fraction of sp³-hybridized carbons (Fsp3) is 0.176. The molecule has 0 aromatic heterocycles. The Morgan fingerprint density at radius 3 is 2.61 bits per heavy atom. The first-order chi connectivity index (χ1) is 11.0. The van der Waals surface area contributed by atoms with Gasteiger partial charge in [0.2, 0.25) is 0 Å². The third-order valence-electron chi connectivity index (χ3n) is 3.85. The number of halogens is 2. The van der Waals surface area contributed by atoms with E-state index in [1.165, 1.54) is 36.4 Å². The summed E-state index contributed by atoms with van der Waals surface area (Å²) in [6.07, 6.45) is 0.410. The van der Waals surface area contributed by atoms with Crippen LogP contribution in [0.25, 0.3) is 0 Å². The van der Waals surface area contributed by atoms with Crippen LogP contribution in [0.4, 0.5) is 8.78 Å². The van der Waals surface area contributed by atoms with Crippen molar-refractivity contribution in [1.82, 2.24) is 5.43 Å². The van der Waals surface area contributed by atoms with E-state index in [2.05, 4.69) is 10.5 Å². The van der Waals surface area contributed by atoms with Crippen molar-refractivity contribution in [3.8, 4) is 5.75 Å². The zero-order valence-corrected chi connectivity index (χ0v) is 12.3. The smallest absolute Gasteiger partial charge is 0.271 e. The summed E-state index contributed by atoms with van der Waals surface area (Å²) < 4.78 is 26.8. The Labute approximate surface area is 131 Å². The van der Waals surface area contributed by atoms with Crippen LogP contribution in [0.2, 0.25) is 0 Å². The normalized spacial score (nSPS) is 18.0. The Morgan fingerprint density at radius 2 is 1.91 bits per heavy atom. The number of carbonyl (C=O) groups is 1. The summed E-state index contributed by atoms with van der Waals surface area (Å²) in [4.78, 5) is 12.0. The van der Waals surface area contributed by atoms with Gasteiger partial charge < -0.3 is 5.11 Å². The molecule has 0 fully saturated rings. The van der Waals surface area contributed by atoms with E-state index < -0.39 is 17.5 Å². The lowest BCUT2D eigenvalue weighted by atomic mass is 10.0. The number of fused-ring (bicyclic) bond motifs is 1. The number of hydrogen-bond donors (Lipinski definition) is 2. The van der Waals surface area contributed by atoms with Crippen molar-refractivity contribution in [3.63, 3.8) is 0 Å². The van der Waals surface area contributed by atoms with Gasteiger partial charge in [-0.25, -0.2) is 14.2 Å². The lowest BCUT2D eigenvalue weighted by molar-refractivity contribution is 0.0954. The quantitative estimate of drug-likeness (QED) is 0.835. The van der Waals surface area contributed by atoms with Crippen LogP contribution >= 0.6 is 0 Å². The largest absolute Gasteiger partial charge is 0.507 e. The number of rotatable bonds is 2. The molecule has 1 atom stereocenters. The lowest BCUT2D eigenvalue weighted by Crippen LogP contribution is -2.19. The maximum Gasteiger partial charge on any atom is 0.271 e. The zero-order valence-electron chi connectivity index (χ0n) is 12.3. The van der Waals surface area contributed by atoms with Crippen LogP contribution < -0.4 is 5.43 Å². The van der Waals surface area contributed by atoms with E-state index in [1.807, 2.05) is 6.92 Å². The highest BCUT2D eigenvalue weighted by molar-refractivity contribution is 6.08. The molecule has 0 saturated heterocycles. The van der Waals surface area contributed by atoms with E-state index in [0.29, 0.717) is 23.3 Å². The predicted octanol–water partition coefficient (Wildman–Crippen LogP) is 3.31. The minimum Gasteiger partial charge on any atom is -0.507 e. The van der Waals surface area contributed by atoms with Crippen LogP contribution in [0.5, 0.6) is 5.75 Å². The molecule has 2 N–H and O–H groups in total. The molecule has 2 aromatic rings. The van der Waals surface area contributed by atoms with Gasteiger partial charge in [0.1, 0.15) is 17.4 Å². The molecule has 0 bridgehead atoms. The van der Waals surface area contributed by atoms with Gasteiger partial charge in [0.05, 0.1) is 5.71 Å². The van der Waals surface area contributed by atoms with Crippen LogP contribution in [-0.4, -0.2) is 16.7 Å². The molecule has 1 aliphatic rings. The number of aromatic hydroxyl groups is 1. The van der Waals surface area contributed by atoms with Crippen LogP contribution in [0.15, 0.2) is 41.5 Å². The lowest BCUT2D eigenvalue weighted by Gasteiger charge is -2.06. The van der Waals surface area contributed by atoms with Crippen molar-refractivity contribution in [2.24, 2.45) is 5.10 Å². The number of hydrazone groups is 1. The Balaban J connectivity index is 1.87. The fourth-order valence-electron chi connectivity index (χ4n) is 2.75. The summed E-state index contributed by atoms with van der Waals surface area (Å²) in [6, 6.07) is 7.51. The van der Waals surface area contributed by atoms with Gasteiger partial charge in [-0.3, -0.25) is 4.79 Å². The number of phenolic OH excluding ortho intramolecular Hbond substituents is 1. The van der Waals surface area contributed by atoms with Gasteiger partial charge in [-0.1, -0.05) is 6.92 Å². The molecule has 0 unspecified atom stereocenters. The molecule has 23 heavy (non-hydrogen) atoms. The second-order valence-electron chi connectivity index (χ2n) is 5.47. The van der Waals surface area contributed by atoms with Crippen LogP contribution in [-0.2, 0) is 0 Å². The second-order valence-corrected chi connectivity index (χ2v) is 5.47. The van der Waals surface area contributed by atoms with Crippen molar-refractivity contribution in [2.75, 3.05) is 0 Å². The number of phenols is 1.